The summed E-state index contributed by atoms with van der Waals surface area (Å²) in [5.41, 5.74) is 1.82. The summed E-state index contributed by atoms with van der Waals surface area (Å²) in [7, 11) is 0. The van der Waals surface area contributed by atoms with Crippen LogP contribution in [0.25, 0.3) is 0 Å². The number of allylic oxidation sites excluding steroid dienone is 2. The first-order valence-electron chi connectivity index (χ1n) is 4.14. The van der Waals surface area contributed by atoms with E-state index in [1.54, 1.807) is 6.42 Å². The maximum Gasteiger partial charge on any atom is -0.0195 e. The van der Waals surface area contributed by atoms with E-state index in [0.717, 1.165) is 17.8 Å². The SMILES string of the molecule is C1=C2CC[C@H]3CC2CC13. The Bertz CT molecular complexity index is 178. The summed E-state index contributed by atoms with van der Waals surface area (Å²) in [5.74, 6) is 3.22. The highest BCUT2D eigenvalue weighted by atomic mass is 14.5. The summed E-state index contributed by atoms with van der Waals surface area (Å²) in [6, 6.07) is 0. The Morgan fingerprint density at radius 2 is 2.33 bits per heavy atom. The van der Waals surface area contributed by atoms with Crippen LogP contribution in [0.15, 0.2) is 11.6 Å². The second kappa shape index (κ2) is 1.25. The average Bonchev–Trinajstić information content (AvgIpc) is 2.40. The quantitative estimate of drug-likeness (QED) is 0.430. The van der Waals surface area contributed by atoms with Gasteiger partial charge in [0.05, 0.1) is 0 Å². The van der Waals surface area contributed by atoms with Gasteiger partial charge in [0.25, 0.3) is 0 Å². The predicted octanol–water partition coefficient (Wildman–Crippen LogP) is 2.36. The van der Waals surface area contributed by atoms with E-state index >= 15 is 0 Å². The molecule has 0 heterocycles. The Kier molecular flexibility index (Phi) is 0.633. The van der Waals surface area contributed by atoms with Gasteiger partial charge in [-0.1, -0.05) is 11.6 Å². The molecule has 0 heteroatoms. The van der Waals surface area contributed by atoms with Gasteiger partial charge in [-0.3, -0.25) is 0 Å². The highest BCUT2D eigenvalue weighted by Gasteiger charge is 2.43. The minimum Gasteiger partial charge on any atom is -0.0816 e. The molecule has 0 aromatic heterocycles. The molecule has 2 fully saturated rings. The van der Waals surface area contributed by atoms with Crippen LogP contribution in [0.1, 0.15) is 25.7 Å². The van der Waals surface area contributed by atoms with Crippen LogP contribution in [-0.4, -0.2) is 0 Å². The molecule has 0 aliphatic heterocycles. The molecule has 4 aliphatic rings. The van der Waals surface area contributed by atoms with E-state index in [4.69, 9.17) is 0 Å². The fraction of sp³-hybridized carbons (Fsp3) is 0.778. The summed E-state index contributed by atoms with van der Waals surface area (Å²) in [4.78, 5) is 0. The maximum atomic E-state index is 2.57. The molecule has 3 atom stereocenters. The standard InChI is InChI=1S/C9H12/c1-2-7-4-8-5-9(7)3-6(1)8/h3,7-9H,1-2,4-5H2/t7-,8?,9?/m0/s1. The van der Waals surface area contributed by atoms with Crippen LogP contribution in [0.2, 0.25) is 0 Å². The van der Waals surface area contributed by atoms with Crippen LogP contribution in [0.3, 0.4) is 0 Å². The second-order valence-electron chi connectivity index (χ2n) is 3.87. The molecule has 0 amide bonds. The van der Waals surface area contributed by atoms with E-state index in [2.05, 4.69) is 6.08 Å². The molecular weight excluding hydrogens is 108 g/mol. The summed E-state index contributed by atoms with van der Waals surface area (Å²) in [6.07, 6.45) is 8.62. The first-order valence-corrected chi connectivity index (χ1v) is 4.14. The number of hydrogen-bond acceptors (Lipinski definition) is 0. The van der Waals surface area contributed by atoms with Crippen molar-refractivity contribution in [2.45, 2.75) is 25.7 Å². The molecule has 0 saturated heterocycles. The lowest BCUT2D eigenvalue weighted by Crippen LogP contribution is -2.15. The maximum absolute atomic E-state index is 2.57. The number of fused-ring (bicyclic) bond motifs is 1. The van der Waals surface area contributed by atoms with Crippen molar-refractivity contribution in [2.75, 3.05) is 0 Å². The first-order chi connectivity index (χ1) is 4.43. The smallest absolute Gasteiger partial charge is 0.0195 e. The zero-order valence-electron chi connectivity index (χ0n) is 5.64. The molecule has 0 N–H and O–H groups in total. The highest BCUT2D eigenvalue weighted by Crippen LogP contribution is 2.55. The van der Waals surface area contributed by atoms with Crippen molar-refractivity contribution in [1.29, 1.82) is 0 Å². The van der Waals surface area contributed by atoms with E-state index < -0.39 is 0 Å². The number of hydrogen-bond donors (Lipinski definition) is 0. The minimum absolute atomic E-state index is 1.04. The van der Waals surface area contributed by atoms with Crippen LogP contribution < -0.4 is 0 Å². The molecule has 0 aromatic carbocycles. The Morgan fingerprint density at radius 1 is 1.33 bits per heavy atom. The van der Waals surface area contributed by atoms with Crippen molar-refractivity contribution in [2.24, 2.45) is 17.8 Å². The molecule has 2 saturated carbocycles. The van der Waals surface area contributed by atoms with Crippen molar-refractivity contribution in [3.63, 3.8) is 0 Å². The summed E-state index contributed by atoms with van der Waals surface area (Å²) in [6.45, 7) is 0. The van der Waals surface area contributed by atoms with E-state index in [-0.39, 0.29) is 0 Å². The summed E-state index contributed by atoms with van der Waals surface area (Å²) in [5, 5.41) is 0. The highest BCUT2D eigenvalue weighted by molar-refractivity contribution is 5.25. The van der Waals surface area contributed by atoms with Gasteiger partial charge in [-0.05, 0) is 43.4 Å². The second-order valence-corrected chi connectivity index (χ2v) is 3.87. The normalized spacial score (nSPS) is 52.4. The molecule has 4 bridgehead atoms. The average molecular weight is 120 g/mol. The van der Waals surface area contributed by atoms with Gasteiger partial charge in [0, 0.05) is 0 Å². The van der Waals surface area contributed by atoms with E-state index in [9.17, 15) is 0 Å². The van der Waals surface area contributed by atoms with Crippen molar-refractivity contribution in [1.82, 2.24) is 0 Å². The zero-order valence-corrected chi connectivity index (χ0v) is 5.64. The van der Waals surface area contributed by atoms with Crippen LogP contribution >= 0.6 is 0 Å². The molecule has 4 aliphatic carbocycles. The Balaban J connectivity index is 2.14. The third-order valence-electron chi connectivity index (χ3n) is 3.51. The van der Waals surface area contributed by atoms with Crippen molar-refractivity contribution < 1.29 is 0 Å². The van der Waals surface area contributed by atoms with Crippen LogP contribution in [0.5, 0.6) is 0 Å². The molecule has 0 radical (unpaired) electrons. The summed E-state index contributed by atoms with van der Waals surface area (Å²) >= 11 is 0. The Hall–Kier alpha value is -0.260. The van der Waals surface area contributed by atoms with E-state index in [1.807, 2.05) is 5.57 Å². The molecular formula is C9H12. The molecule has 48 valence electrons. The van der Waals surface area contributed by atoms with Crippen molar-refractivity contribution >= 4 is 0 Å². The monoisotopic (exact) mass is 120 g/mol. The summed E-state index contributed by atoms with van der Waals surface area (Å²) < 4.78 is 0. The van der Waals surface area contributed by atoms with Gasteiger partial charge in [0.15, 0.2) is 0 Å². The lowest BCUT2D eigenvalue weighted by molar-refractivity contribution is 0.367. The van der Waals surface area contributed by atoms with Gasteiger partial charge in [-0.15, -0.1) is 0 Å². The first kappa shape index (κ1) is 4.54. The molecule has 0 spiro atoms. The fourth-order valence-electron chi connectivity index (χ4n) is 3.05. The largest absolute Gasteiger partial charge is 0.0816 e. The number of rotatable bonds is 0. The molecule has 4 rings (SSSR count). The Morgan fingerprint density at radius 3 is 2.78 bits per heavy atom. The van der Waals surface area contributed by atoms with Gasteiger partial charge in [-0.2, -0.15) is 0 Å². The topological polar surface area (TPSA) is 0 Å². The molecule has 9 heavy (non-hydrogen) atoms. The van der Waals surface area contributed by atoms with Crippen LogP contribution in [-0.2, 0) is 0 Å². The molecule has 0 aromatic rings. The van der Waals surface area contributed by atoms with Crippen LogP contribution in [0.4, 0.5) is 0 Å². The fourth-order valence-corrected chi connectivity index (χ4v) is 3.05. The molecule has 2 unspecified atom stereocenters. The van der Waals surface area contributed by atoms with E-state index in [0.29, 0.717) is 0 Å². The van der Waals surface area contributed by atoms with E-state index in [1.165, 1.54) is 19.3 Å². The van der Waals surface area contributed by atoms with Gasteiger partial charge in [-0.25, -0.2) is 0 Å². The Labute approximate surface area is 56.0 Å². The van der Waals surface area contributed by atoms with Gasteiger partial charge in [0.2, 0.25) is 0 Å². The minimum atomic E-state index is 1.04. The van der Waals surface area contributed by atoms with Crippen molar-refractivity contribution in [3.8, 4) is 0 Å². The van der Waals surface area contributed by atoms with Gasteiger partial charge < -0.3 is 0 Å². The lowest BCUT2D eigenvalue weighted by Gasteiger charge is -2.27. The van der Waals surface area contributed by atoms with Gasteiger partial charge >= 0.3 is 0 Å². The predicted molar refractivity (Wildman–Crippen MR) is 37.0 cm³/mol. The van der Waals surface area contributed by atoms with Gasteiger partial charge in [0.1, 0.15) is 0 Å². The zero-order chi connectivity index (χ0) is 5.84. The van der Waals surface area contributed by atoms with Crippen molar-refractivity contribution in [3.05, 3.63) is 11.6 Å². The lowest BCUT2D eigenvalue weighted by atomic mass is 9.78. The van der Waals surface area contributed by atoms with Crippen LogP contribution in [0, 0.1) is 17.8 Å². The third kappa shape index (κ3) is 0.417. The third-order valence-corrected chi connectivity index (χ3v) is 3.51. The molecule has 0 nitrogen and oxygen atoms in total.